The second kappa shape index (κ2) is 3.40. The maximum atomic E-state index is 11.4. The number of para-hydroxylation sites is 1. The van der Waals surface area contributed by atoms with Gasteiger partial charge in [-0.3, -0.25) is 9.63 Å². The van der Waals surface area contributed by atoms with E-state index in [1.165, 1.54) is 0 Å². The van der Waals surface area contributed by atoms with E-state index < -0.39 is 0 Å². The van der Waals surface area contributed by atoms with Gasteiger partial charge in [0.2, 0.25) is 5.91 Å². The molecule has 1 amide bonds. The Morgan fingerprint density at radius 3 is 3.07 bits per heavy atom. The lowest BCUT2D eigenvalue weighted by Gasteiger charge is -2.14. The van der Waals surface area contributed by atoms with E-state index in [0.29, 0.717) is 13.0 Å². The van der Waals surface area contributed by atoms with Gasteiger partial charge in [0.25, 0.3) is 0 Å². The number of hydrogen-bond donors (Lipinski definition) is 1. The number of benzene rings is 1. The normalized spacial score (nSPS) is 14.7. The van der Waals surface area contributed by atoms with Crippen molar-refractivity contribution in [2.24, 2.45) is 5.90 Å². The van der Waals surface area contributed by atoms with Crippen LogP contribution >= 0.6 is 0 Å². The fourth-order valence-corrected chi connectivity index (χ4v) is 1.83. The van der Waals surface area contributed by atoms with Crippen LogP contribution < -0.4 is 10.8 Å². The van der Waals surface area contributed by atoms with Gasteiger partial charge < -0.3 is 4.90 Å². The van der Waals surface area contributed by atoms with Gasteiger partial charge in [-0.1, -0.05) is 18.2 Å². The van der Waals surface area contributed by atoms with Crippen molar-refractivity contribution in [2.45, 2.75) is 13.0 Å². The Hall–Kier alpha value is -1.39. The van der Waals surface area contributed by atoms with Crippen LogP contribution in [0.1, 0.15) is 11.1 Å². The van der Waals surface area contributed by atoms with E-state index in [0.717, 1.165) is 16.8 Å². The van der Waals surface area contributed by atoms with Gasteiger partial charge in [-0.15, -0.1) is 0 Å². The van der Waals surface area contributed by atoms with Gasteiger partial charge in [0.1, 0.15) is 0 Å². The third kappa shape index (κ3) is 1.29. The molecule has 1 aromatic rings. The number of fused-ring (bicyclic) bond motifs is 1. The summed E-state index contributed by atoms with van der Waals surface area (Å²) >= 11 is 0. The molecule has 0 spiro atoms. The van der Waals surface area contributed by atoms with Gasteiger partial charge >= 0.3 is 0 Å². The summed E-state index contributed by atoms with van der Waals surface area (Å²) in [5.41, 5.74) is 2.95. The Morgan fingerprint density at radius 2 is 2.36 bits per heavy atom. The second-order valence-corrected chi connectivity index (χ2v) is 3.37. The monoisotopic (exact) mass is 192 g/mol. The first kappa shape index (κ1) is 9.18. The van der Waals surface area contributed by atoms with Crippen molar-refractivity contribution < 1.29 is 9.63 Å². The summed E-state index contributed by atoms with van der Waals surface area (Å²) < 4.78 is 0. The largest absolute Gasteiger partial charge is 0.315 e. The molecule has 0 unspecified atom stereocenters. The Bertz CT molecular complexity index is 376. The molecule has 0 atom stereocenters. The maximum absolute atomic E-state index is 11.4. The van der Waals surface area contributed by atoms with Crippen LogP contribution in [-0.2, 0) is 22.7 Å². The van der Waals surface area contributed by atoms with E-state index in [1.807, 2.05) is 18.2 Å². The van der Waals surface area contributed by atoms with Crippen LogP contribution in [-0.4, -0.2) is 13.0 Å². The van der Waals surface area contributed by atoms with E-state index in [9.17, 15) is 4.79 Å². The van der Waals surface area contributed by atoms with Crippen LogP contribution in [0.3, 0.4) is 0 Å². The Balaban J connectivity index is 2.47. The molecule has 2 rings (SSSR count). The van der Waals surface area contributed by atoms with Crippen LogP contribution in [0.25, 0.3) is 0 Å². The molecule has 0 fully saturated rings. The summed E-state index contributed by atoms with van der Waals surface area (Å²) in [5.74, 6) is 5.15. The molecule has 74 valence electrons. The van der Waals surface area contributed by atoms with E-state index >= 15 is 0 Å². The van der Waals surface area contributed by atoms with Crippen molar-refractivity contribution in [2.75, 3.05) is 11.9 Å². The molecule has 4 heteroatoms. The Kier molecular flexibility index (Phi) is 2.23. The number of nitrogens with two attached hydrogens (primary N) is 1. The molecule has 1 aliphatic rings. The van der Waals surface area contributed by atoms with Crippen LogP contribution in [0, 0.1) is 0 Å². The fourth-order valence-electron chi connectivity index (χ4n) is 1.83. The summed E-state index contributed by atoms with van der Waals surface area (Å²) in [6.45, 7) is 0.334. The van der Waals surface area contributed by atoms with Crippen molar-refractivity contribution in [1.29, 1.82) is 0 Å². The number of carbonyl (C=O) groups excluding carboxylic acids is 1. The van der Waals surface area contributed by atoms with Crippen molar-refractivity contribution in [3.8, 4) is 0 Å². The lowest BCUT2D eigenvalue weighted by molar-refractivity contribution is -0.117. The molecule has 14 heavy (non-hydrogen) atoms. The Labute approximate surface area is 82.2 Å². The SMILES string of the molecule is CN1C(=O)Cc2cccc(CON)c21. The zero-order valence-corrected chi connectivity index (χ0v) is 7.99. The van der Waals surface area contributed by atoms with Crippen LogP contribution in [0.15, 0.2) is 18.2 Å². The summed E-state index contributed by atoms with van der Waals surface area (Å²) in [5, 5.41) is 0. The van der Waals surface area contributed by atoms with E-state index in [-0.39, 0.29) is 5.91 Å². The zero-order valence-electron chi connectivity index (χ0n) is 7.99. The highest BCUT2D eigenvalue weighted by atomic mass is 16.6. The zero-order chi connectivity index (χ0) is 10.1. The molecule has 0 radical (unpaired) electrons. The lowest BCUT2D eigenvalue weighted by atomic mass is 10.1. The molecular weight excluding hydrogens is 180 g/mol. The van der Waals surface area contributed by atoms with Gasteiger partial charge in [0.05, 0.1) is 18.7 Å². The van der Waals surface area contributed by atoms with Crippen LogP contribution in [0.5, 0.6) is 0 Å². The first-order valence-electron chi connectivity index (χ1n) is 4.43. The minimum atomic E-state index is 0.115. The van der Waals surface area contributed by atoms with Crippen molar-refractivity contribution in [1.82, 2.24) is 0 Å². The lowest BCUT2D eigenvalue weighted by Crippen LogP contribution is -2.21. The number of hydrogen-bond acceptors (Lipinski definition) is 3. The number of anilines is 1. The number of rotatable bonds is 2. The number of likely N-dealkylation sites (N-methyl/N-ethyl adjacent to an activating group) is 1. The minimum absolute atomic E-state index is 0.115. The van der Waals surface area contributed by atoms with Gasteiger partial charge in [-0.05, 0) is 5.56 Å². The molecule has 1 aromatic carbocycles. The summed E-state index contributed by atoms with van der Waals surface area (Å²) in [4.78, 5) is 17.7. The highest BCUT2D eigenvalue weighted by molar-refractivity contribution is 6.01. The molecule has 4 nitrogen and oxygen atoms in total. The summed E-state index contributed by atoms with van der Waals surface area (Å²) in [7, 11) is 1.77. The predicted octanol–water partition coefficient (Wildman–Crippen LogP) is 0.596. The molecule has 0 aliphatic carbocycles. The highest BCUT2D eigenvalue weighted by Crippen LogP contribution is 2.31. The molecule has 0 aromatic heterocycles. The predicted molar refractivity (Wildman–Crippen MR) is 52.5 cm³/mol. The fraction of sp³-hybridized carbons (Fsp3) is 0.300. The van der Waals surface area contributed by atoms with E-state index in [4.69, 9.17) is 5.90 Å². The third-order valence-corrected chi connectivity index (χ3v) is 2.49. The average Bonchev–Trinajstić information content (AvgIpc) is 2.45. The standard InChI is InChI=1S/C10H12N2O2/c1-12-9(13)5-7-3-2-4-8(6-14-11)10(7)12/h2-4H,5-6,11H2,1H3. The topological polar surface area (TPSA) is 55.6 Å². The second-order valence-electron chi connectivity index (χ2n) is 3.37. The van der Waals surface area contributed by atoms with Gasteiger partial charge in [0, 0.05) is 12.6 Å². The first-order chi connectivity index (χ1) is 6.74. The summed E-state index contributed by atoms with van der Waals surface area (Å²) in [6.07, 6.45) is 0.476. The van der Waals surface area contributed by atoms with Gasteiger partial charge in [-0.25, -0.2) is 5.90 Å². The maximum Gasteiger partial charge on any atom is 0.231 e. The van der Waals surface area contributed by atoms with Crippen molar-refractivity contribution >= 4 is 11.6 Å². The van der Waals surface area contributed by atoms with Crippen LogP contribution in [0.4, 0.5) is 5.69 Å². The molecule has 1 aliphatic heterocycles. The number of carbonyl (C=O) groups is 1. The molecular formula is C10H12N2O2. The van der Waals surface area contributed by atoms with Crippen molar-refractivity contribution in [3.05, 3.63) is 29.3 Å². The van der Waals surface area contributed by atoms with E-state index in [1.54, 1.807) is 11.9 Å². The molecule has 0 saturated carbocycles. The Morgan fingerprint density at radius 1 is 1.57 bits per heavy atom. The van der Waals surface area contributed by atoms with Gasteiger partial charge in [-0.2, -0.15) is 0 Å². The minimum Gasteiger partial charge on any atom is -0.315 e. The average molecular weight is 192 g/mol. The number of nitrogens with zero attached hydrogens (tertiary/aromatic N) is 1. The molecule has 0 bridgehead atoms. The smallest absolute Gasteiger partial charge is 0.231 e. The summed E-state index contributed by atoms with van der Waals surface area (Å²) in [6, 6.07) is 5.79. The molecule has 2 N–H and O–H groups in total. The first-order valence-corrected chi connectivity index (χ1v) is 4.43. The number of amides is 1. The van der Waals surface area contributed by atoms with Crippen LogP contribution in [0.2, 0.25) is 0 Å². The molecule has 0 saturated heterocycles. The highest BCUT2D eigenvalue weighted by Gasteiger charge is 2.25. The third-order valence-electron chi connectivity index (χ3n) is 2.49. The quantitative estimate of drug-likeness (QED) is 0.698. The van der Waals surface area contributed by atoms with E-state index in [2.05, 4.69) is 4.84 Å². The van der Waals surface area contributed by atoms with Gasteiger partial charge in [0.15, 0.2) is 0 Å². The van der Waals surface area contributed by atoms with Crippen molar-refractivity contribution in [3.63, 3.8) is 0 Å². The molecule has 1 heterocycles.